The van der Waals surface area contributed by atoms with Gasteiger partial charge in [0.15, 0.2) is 5.82 Å². The van der Waals surface area contributed by atoms with Gasteiger partial charge in [-0.3, -0.25) is 0 Å². The van der Waals surface area contributed by atoms with Crippen molar-refractivity contribution in [1.29, 1.82) is 0 Å². The largest absolute Gasteiger partial charge is 0.381 e. The van der Waals surface area contributed by atoms with E-state index >= 15 is 0 Å². The fraction of sp³-hybridized carbons (Fsp3) is 0.867. The molecule has 2 aliphatic rings. The van der Waals surface area contributed by atoms with E-state index in [0.29, 0.717) is 18.6 Å². The molecule has 1 saturated heterocycles. The maximum atomic E-state index is 5.58. The van der Waals surface area contributed by atoms with Gasteiger partial charge in [0.05, 0.1) is 12.5 Å². The lowest BCUT2D eigenvalue weighted by atomic mass is 9.95. The molecule has 1 aliphatic carbocycles. The highest BCUT2D eigenvalue weighted by molar-refractivity contribution is 5.04. The van der Waals surface area contributed by atoms with Crippen LogP contribution in [-0.4, -0.2) is 36.4 Å². The Hall–Kier alpha value is -0.940. The third-order valence-electron chi connectivity index (χ3n) is 4.72. The number of rotatable bonds is 3. The smallest absolute Gasteiger partial charge is 0.233 e. The average Bonchev–Trinajstić information content (AvgIpc) is 2.82. The standard InChI is InChI=1S/C15H25N3O2/c1-16-13-8-9-19-10-12(13)15-17-14(18-20-15)11-6-4-2-3-5-7-11/h11-13,16H,2-10H2,1H3. The molecular weight excluding hydrogens is 254 g/mol. The monoisotopic (exact) mass is 279 g/mol. The van der Waals surface area contributed by atoms with Gasteiger partial charge in [-0.2, -0.15) is 4.98 Å². The summed E-state index contributed by atoms with van der Waals surface area (Å²) in [5, 5.41) is 7.60. The Bertz CT molecular complexity index is 413. The van der Waals surface area contributed by atoms with Crippen molar-refractivity contribution in [3.63, 3.8) is 0 Å². The summed E-state index contributed by atoms with van der Waals surface area (Å²) in [6, 6.07) is 0.381. The number of hydrogen-bond donors (Lipinski definition) is 1. The van der Waals surface area contributed by atoms with Crippen LogP contribution in [0.2, 0.25) is 0 Å². The number of aromatic nitrogens is 2. The van der Waals surface area contributed by atoms with Crippen LogP contribution in [-0.2, 0) is 4.74 Å². The lowest BCUT2D eigenvalue weighted by Gasteiger charge is -2.28. The van der Waals surface area contributed by atoms with Crippen molar-refractivity contribution in [2.75, 3.05) is 20.3 Å². The molecule has 2 unspecified atom stereocenters. The molecule has 112 valence electrons. The minimum absolute atomic E-state index is 0.195. The molecule has 1 N–H and O–H groups in total. The Morgan fingerprint density at radius 3 is 2.65 bits per heavy atom. The lowest BCUT2D eigenvalue weighted by Crippen LogP contribution is -2.39. The second-order valence-electron chi connectivity index (χ2n) is 6.04. The molecule has 2 atom stereocenters. The number of nitrogens with zero attached hydrogens (tertiary/aromatic N) is 2. The van der Waals surface area contributed by atoms with Crippen LogP contribution >= 0.6 is 0 Å². The summed E-state index contributed by atoms with van der Waals surface area (Å²) in [7, 11) is 1.99. The highest BCUT2D eigenvalue weighted by Gasteiger charge is 2.31. The van der Waals surface area contributed by atoms with E-state index in [1.807, 2.05) is 7.05 Å². The Morgan fingerprint density at radius 1 is 1.10 bits per heavy atom. The van der Waals surface area contributed by atoms with E-state index in [9.17, 15) is 0 Å². The van der Waals surface area contributed by atoms with Crippen LogP contribution in [0.5, 0.6) is 0 Å². The molecule has 0 radical (unpaired) electrons. The first-order chi connectivity index (χ1) is 9.88. The minimum Gasteiger partial charge on any atom is -0.381 e. The third kappa shape index (κ3) is 3.04. The minimum atomic E-state index is 0.195. The van der Waals surface area contributed by atoms with Crippen LogP contribution in [0.4, 0.5) is 0 Å². The number of hydrogen-bond acceptors (Lipinski definition) is 5. The summed E-state index contributed by atoms with van der Waals surface area (Å²) in [6.45, 7) is 1.49. The van der Waals surface area contributed by atoms with Crippen molar-refractivity contribution >= 4 is 0 Å². The Balaban J connectivity index is 1.71. The van der Waals surface area contributed by atoms with Crippen LogP contribution in [0.1, 0.15) is 68.5 Å². The quantitative estimate of drug-likeness (QED) is 0.862. The zero-order valence-electron chi connectivity index (χ0n) is 12.3. The van der Waals surface area contributed by atoms with Crippen molar-refractivity contribution in [1.82, 2.24) is 15.5 Å². The first-order valence-electron chi connectivity index (χ1n) is 7.97. The summed E-state index contributed by atoms with van der Waals surface area (Å²) in [6.07, 6.45) is 8.69. The molecule has 5 nitrogen and oxygen atoms in total. The zero-order valence-corrected chi connectivity index (χ0v) is 12.3. The van der Waals surface area contributed by atoms with Crippen LogP contribution in [0, 0.1) is 0 Å². The van der Waals surface area contributed by atoms with E-state index in [4.69, 9.17) is 14.2 Å². The van der Waals surface area contributed by atoms with E-state index in [1.54, 1.807) is 0 Å². The van der Waals surface area contributed by atoms with Crippen LogP contribution in [0.3, 0.4) is 0 Å². The number of nitrogens with one attached hydrogen (secondary N) is 1. The van der Waals surface area contributed by atoms with Gasteiger partial charge in [0.2, 0.25) is 5.89 Å². The van der Waals surface area contributed by atoms with Crippen molar-refractivity contribution in [2.24, 2.45) is 0 Å². The fourth-order valence-electron chi connectivity index (χ4n) is 3.43. The normalized spacial score (nSPS) is 29.2. The summed E-state index contributed by atoms with van der Waals surface area (Å²) in [5.41, 5.74) is 0. The molecule has 1 aromatic heterocycles. The predicted octanol–water partition coefficient (Wildman–Crippen LogP) is 2.60. The van der Waals surface area contributed by atoms with E-state index in [-0.39, 0.29) is 5.92 Å². The summed E-state index contributed by atoms with van der Waals surface area (Å²) < 4.78 is 11.1. The Morgan fingerprint density at radius 2 is 1.90 bits per heavy atom. The second kappa shape index (κ2) is 6.68. The fourth-order valence-corrected chi connectivity index (χ4v) is 3.43. The SMILES string of the molecule is CNC1CCOCC1c1nc(C2CCCCCC2)no1. The van der Waals surface area contributed by atoms with Gasteiger partial charge in [-0.05, 0) is 26.3 Å². The highest BCUT2D eigenvalue weighted by atomic mass is 16.5. The van der Waals surface area contributed by atoms with Crippen LogP contribution in [0.15, 0.2) is 4.52 Å². The number of ether oxygens (including phenoxy) is 1. The Labute approximate surface area is 120 Å². The topological polar surface area (TPSA) is 60.2 Å². The van der Waals surface area contributed by atoms with Gasteiger partial charge in [-0.1, -0.05) is 30.8 Å². The third-order valence-corrected chi connectivity index (χ3v) is 4.72. The van der Waals surface area contributed by atoms with E-state index in [2.05, 4.69) is 10.5 Å². The van der Waals surface area contributed by atoms with Gasteiger partial charge in [-0.25, -0.2) is 0 Å². The van der Waals surface area contributed by atoms with E-state index in [0.717, 1.165) is 24.7 Å². The molecule has 0 bridgehead atoms. The second-order valence-corrected chi connectivity index (χ2v) is 6.04. The molecule has 3 rings (SSSR count). The average molecular weight is 279 g/mol. The van der Waals surface area contributed by atoms with Gasteiger partial charge in [-0.15, -0.1) is 0 Å². The van der Waals surface area contributed by atoms with Crippen molar-refractivity contribution in [2.45, 2.75) is 62.8 Å². The summed E-state index contributed by atoms with van der Waals surface area (Å²) in [4.78, 5) is 4.70. The molecule has 1 saturated carbocycles. The molecule has 0 aromatic carbocycles. The highest BCUT2D eigenvalue weighted by Crippen LogP contribution is 2.31. The summed E-state index contributed by atoms with van der Waals surface area (Å²) >= 11 is 0. The first kappa shape index (κ1) is 14.0. The molecule has 0 amide bonds. The zero-order chi connectivity index (χ0) is 13.8. The van der Waals surface area contributed by atoms with Gasteiger partial charge in [0, 0.05) is 18.6 Å². The van der Waals surface area contributed by atoms with Gasteiger partial charge in [0.1, 0.15) is 0 Å². The van der Waals surface area contributed by atoms with Crippen molar-refractivity contribution in [3.05, 3.63) is 11.7 Å². The maximum Gasteiger partial charge on any atom is 0.233 e. The van der Waals surface area contributed by atoms with Gasteiger partial charge < -0.3 is 14.6 Å². The van der Waals surface area contributed by atoms with Crippen molar-refractivity contribution < 1.29 is 9.26 Å². The van der Waals surface area contributed by atoms with Gasteiger partial charge >= 0.3 is 0 Å². The van der Waals surface area contributed by atoms with Crippen LogP contribution in [0.25, 0.3) is 0 Å². The molecule has 20 heavy (non-hydrogen) atoms. The lowest BCUT2D eigenvalue weighted by molar-refractivity contribution is 0.0516. The van der Waals surface area contributed by atoms with Crippen molar-refractivity contribution in [3.8, 4) is 0 Å². The Kier molecular flexibility index (Phi) is 4.68. The van der Waals surface area contributed by atoms with E-state index in [1.165, 1.54) is 38.5 Å². The molecule has 0 spiro atoms. The molecular formula is C15H25N3O2. The van der Waals surface area contributed by atoms with Gasteiger partial charge in [0.25, 0.3) is 0 Å². The maximum absolute atomic E-state index is 5.58. The molecule has 1 aromatic rings. The number of likely N-dealkylation sites (N-methyl/N-ethyl adjacent to an activating group) is 1. The van der Waals surface area contributed by atoms with E-state index < -0.39 is 0 Å². The summed E-state index contributed by atoms with van der Waals surface area (Å²) in [5.74, 6) is 2.36. The van der Waals surface area contributed by atoms with Crippen LogP contribution < -0.4 is 5.32 Å². The predicted molar refractivity (Wildman–Crippen MR) is 75.8 cm³/mol. The first-order valence-corrected chi connectivity index (χ1v) is 7.97. The molecule has 1 aliphatic heterocycles. The molecule has 2 fully saturated rings. The molecule has 2 heterocycles. The molecule has 5 heteroatoms.